The highest BCUT2D eigenvalue weighted by molar-refractivity contribution is 5.97. The molecule has 0 radical (unpaired) electrons. The number of fused-ring (bicyclic) bond motifs is 1. The second-order valence-corrected chi connectivity index (χ2v) is 6.88. The maximum absolute atomic E-state index is 12.7. The number of amides is 1. The van der Waals surface area contributed by atoms with Gasteiger partial charge in [-0.1, -0.05) is 31.4 Å². The van der Waals surface area contributed by atoms with Crippen molar-refractivity contribution >= 4 is 23.1 Å². The highest BCUT2D eigenvalue weighted by atomic mass is 16.5. The van der Waals surface area contributed by atoms with Crippen LogP contribution < -0.4 is 15.4 Å². The summed E-state index contributed by atoms with van der Waals surface area (Å²) in [6.07, 6.45) is 11.7. The summed E-state index contributed by atoms with van der Waals surface area (Å²) in [5.74, 6) is 0.652. The van der Waals surface area contributed by atoms with Crippen molar-refractivity contribution in [1.29, 1.82) is 0 Å². The zero-order valence-corrected chi connectivity index (χ0v) is 17.9. The van der Waals surface area contributed by atoms with Crippen molar-refractivity contribution in [3.63, 3.8) is 0 Å². The molecule has 10 nitrogen and oxygen atoms in total. The number of aromatic amines is 1. The Bertz CT molecular complexity index is 1340. The predicted octanol–water partition coefficient (Wildman–Crippen LogP) is 3.29. The number of nitrogens with one attached hydrogen (secondary N) is 3. The molecule has 10 heteroatoms. The Kier molecular flexibility index (Phi) is 6.26. The lowest BCUT2D eigenvalue weighted by molar-refractivity contribution is 0.0954. The van der Waals surface area contributed by atoms with Gasteiger partial charge >= 0.3 is 0 Å². The molecule has 4 rings (SSSR count). The molecule has 3 aromatic heterocycles. The van der Waals surface area contributed by atoms with Crippen molar-refractivity contribution in [3.05, 3.63) is 85.6 Å². The molecule has 0 saturated carbocycles. The monoisotopic (exact) mass is 442 g/mol. The number of methoxy groups -OCH3 is 1. The molecule has 0 aliphatic heterocycles. The first-order chi connectivity index (χ1) is 16.1. The molecule has 0 aliphatic carbocycles. The number of allylic oxidation sites excluding steroid dienone is 2. The van der Waals surface area contributed by atoms with Crippen LogP contribution in [0.15, 0.2) is 80.1 Å². The number of aromatic nitrogens is 6. The maximum Gasteiger partial charge on any atom is 0.255 e. The highest BCUT2D eigenvalue weighted by Gasteiger charge is 2.15. The van der Waals surface area contributed by atoms with Gasteiger partial charge in [-0.15, -0.1) is 0 Å². The average molecular weight is 442 g/mol. The lowest BCUT2D eigenvalue weighted by atomic mass is 10.1. The van der Waals surface area contributed by atoms with Crippen molar-refractivity contribution in [2.45, 2.75) is 0 Å². The molecule has 0 fully saturated rings. The van der Waals surface area contributed by atoms with Crippen LogP contribution in [0.25, 0.3) is 16.9 Å². The Balaban J connectivity index is 1.57. The van der Waals surface area contributed by atoms with Crippen molar-refractivity contribution in [2.75, 3.05) is 19.0 Å². The Morgan fingerprint density at radius 1 is 1.27 bits per heavy atom. The van der Waals surface area contributed by atoms with Crippen molar-refractivity contribution in [3.8, 4) is 17.0 Å². The molecular formula is C23H22N8O2. The van der Waals surface area contributed by atoms with Crippen LogP contribution in [0.4, 0.5) is 11.5 Å². The van der Waals surface area contributed by atoms with Crippen LogP contribution in [0.5, 0.6) is 5.75 Å². The first-order valence-electron chi connectivity index (χ1n) is 9.99. The third kappa shape index (κ3) is 4.49. The van der Waals surface area contributed by atoms with Crippen LogP contribution in [-0.4, -0.2) is 49.3 Å². The van der Waals surface area contributed by atoms with Crippen LogP contribution in [-0.2, 0) is 0 Å². The zero-order chi connectivity index (χ0) is 23.2. The van der Waals surface area contributed by atoms with Gasteiger partial charge in [0.05, 0.1) is 30.8 Å². The molecule has 3 N–H and O–H groups in total. The highest BCUT2D eigenvalue weighted by Crippen LogP contribution is 2.27. The number of hydrogen-bond acceptors (Lipinski definition) is 7. The third-order valence-electron chi connectivity index (χ3n) is 4.85. The number of H-pyrrole nitrogens is 1. The molecule has 3 heterocycles. The number of carbonyl (C=O) groups excluding carboxylic acids is 1. The van der Waals surface area contributed by atoms with Gasteiger partial charge in [0, 0.05) is 30.1 Å². The molecule has 33 heavy (non-hydrogen) atoms. The van der Waals surface area contributed by atoms with Gasteiger partial charge in [0.25, 0.3) is 5.91 Å². The maximum atomic E-state index is 12.7. The van der Waals surface area contributed by atoms with Gasteiger partial charge in [-0.3, -0.25) is 9.89 Å². The number of ether oxygens (including phenoxy) is 1. The van der Waals surface area contributed by atoms with E-state index in [4.69, 9.17) is 4.74 Å². The van der Waals surface area contributed by atoms with Gasteiger partial charge < -0.3 is 15.4 Å². The summed E-state index contributed by atoms with van der Waals surface area (Å²) in [5, 5.41) is 17.1. The summed E-state index contributed by atoms with van der Waals surface area (Å²) in [6.45, 7) is 7.71. The zero-order valence-electron chi connectivity index (χ0n) is 17.9. The lowest BCUT2D eigenvalue weighted by Gasteiger charge is -2.13. The molecule has 1 aromatic carbocycles. The van der Waals surface area contributed by atoms with E-state index in [0.717, 1.165) is 16.8 Å². The molecule has 1 amide bonds. The summed E-state index contributed by atoms with van der Waals surface area (Å²) >= 11 is 0. The van der Waals surface area contributed by atoms with Crippen molar-refractivity contribution in [1.82, 2.24) is 35.1 Å². The van der Waals surface area contributed by atoms with Crippen LogP contribution in [0.1, 0.15) is 10.4 Å². The van der Waals surface area contributed by atoms with E-state index in [-0.39, 0.29) is 5.91 Å². The van der Waals surface area contributed by atoms with E-state index >= 15 is 0 Å². The van der Waals surface area contributed by atoms with Crippen molar-refractivity contribution < 1.29 is 9.53 Å². The molecule has 0 bridgehead atoms. The number of benzene rings is 1. The van der Waals surface area contributed by atoms with E-state index in [1.165, 1.54) is 13.4 Å². The molecule has 0 spiro atoms. The minimum atomic E-state index is -0.266. The van der Waals surface area contributed by atoms with Crippen LogP contribution >= 0.6 is 0 Å². The van der Waals surface area contributed by atoms with Gasteiger partial charge in [0.15, 0.2) is 11.5 Å². The third-order valence-corrected chi connectivity index (χ3v) is 4.85. The molecule has 0 atom stereocenters. The van der Waals surface area contributed by atoms with E-state index in [1.54, 1.807) is 59.5 Å². The predicted molar refractivity (Wildman–Crippen MR) is 125 cm³/mol. The first kappa shape index (κ1) is 21.5. The number of nitrogens with zero attached hydrogens (tertiary/aromatic N) is 5. The standard InChI is InChI=1S/C23H22N8O2/c1-4-6-15(5-2)10-25-23(32)18-8-7-17(9-20(18)33-3)30-21-22-26-14-29-31(22)19(13-24-21)16-11-27-28-12-16/h4-9,11-14H,1-2,10H2,3H3,(H,24,30)(H,25,32)(H,27,28)/b15-6+. The number of hydrogen-bond donors (Lipinski definition) is 3. The lowest BCUT2D eigenvalue weighted by Crippen LogP contribution is -2.25. The molecule has 166 valence electrons. The van der Waals surface area contributed by atoms with Crippen molar-refractivity contribution in [2.24, 2.45) is 0 Å². The summed E-state index contributed by atoms with van der Waals surface area (Å²) in [7, 11) is 1.51. The fourth-order valence-electron chi connectivity index (χ4n) is 3.21. The van der Waals surface area contributed by atoms with Crippen LogP contribution in [0, 0.1) is 0 Å². The minimum absolute atomic E-state index is 0.266. The minimum Gasteiger partial charge on any atom is -0.496 e. The van der Waals surface area contributed by atoms with Gasteiger partial charge in [-0.05, 0) is 17.7 Å². The molecular weight excluding hydrogens is 420 g/mol. The van der Waals surface area contributed by atoms with E-state index in [0.29, 0.717) is 35.0 Å². The Labute approximate surface area is 189 Å². The number of carbonyl (C=O) groups is 1. The van der Waals surface area contributed by atoms with Gasteiger partial charge in [0.1, 0.15) is 12.1 Å². The molecule has 4 aromatic rings. The summed E-state index contributed by atoms with van der Waals surface area (Å²) in [6, 6.07) is 5.17. The largest absolute Gasteiger partial charge is 0.496 e. The fraction of sp³-hybridized carbons (Fsp3) is 0.0870. The topological polar surface area (TPSA) is 122 Å². The number of rotatable bonds is 9. The second kappa shape index (κ2) is 9.60. The van der Waals surface area contributed by atoms with E-state index in [9.17, 15) is 4.79 Å². The SMILES string of the molecule is C=C/C=C(\C=C)CNC(=O)c1ccc(Nc2ncc(-c3cn[nH]c3)n3ncnc23)cc1OC. The summed E-state index contributed by atoms with van der Waals surface area (Å²) in [5.41, 5.74) is 4.05. The van der Waals surface area contributed by atoms with Gasteiger partial charge in [-0.25, -0.2) is 14.5 Å². The molecule has 0 unspecified atom stereocenters. The Morgan fingerprint density at radius 3 is 2.88 bits per heavy atom. The Hall–Kier alpha value is -4.73. The fourth-order valence-corrected chi connectivity index (χ4v) is 3.21. The normalized spacial score (nSPS) is 11.2. The Morgan fingerprint density at radius 2 is 2.15 bits per heavy atom. The van der Waals surface area contributed by atoms with Gasteiger partial charge in [-0.2, -0.15) is 10.2 Å². The van der Waals surface area contributed by atoms with Crippen LogP contribution in [0.3, 0.4) is 0 Å². The first-order valence-corrected chi connectivity index (χ1v) is 9.99. The average Bonchev–Trinajstić information content (AvgIpc) is 3.54. The molecule has 0 saturated heterocycles. The van der Waals surface area contributed by atoms with Crippen LogP contribution in [0.2, 0.25) is 0 Å². The van der Waals surface area contributed by atoms with Gasteiger partial charge in [0.2, 0.25) is 0 Å². The summed E-state index contributed by atoms with van der Waals surface area (Å²) in [4.78, 5) is 21.5. The molecule has 0 aliphatic rings. The van der Waals surface area contributed by atoms with E-state index < -0.39 is 0 Å². The number of anilines is 2. The second-order valence-electron chi connectivity index (χ2n) is 6.88. The smallest absolute Gasteiger partial charge is 0.255 e. The quantitative estimate of drug-likeness (QED) is 0.340. The van der Waals surface area contributed by atoms with E-state index in [2.05, 4.69) is 49.1 Å². The summed E-state index contributed by atoms with van der Waals surface area (Å²) < 4.78 is 7.12. The van der Waals surface area contributed by atoms with E-state index in [1.807, 2.05) is 0 Å².